The maximum absolute atomic E-state index is 15.3. The molecule has 3 aromatic rings. The van der Waals surface area contributed by atoms with Crippen LogP contribution in [0.3, 0.4) is 0 Å². The number of hydrogen-bond donors (Lipinski definition) is 0. The summed E-state index contributed by atoms with van der Waals surface area (Å²) < 4.78 is 175. The summed E-state index contributed by atoms with van der Waals surface area (Å²) in [6.45, 7) is 6.54. The number of hydrogen-bond acceptors (Lipinski definition) is 6. The van der Waals surface area contributed by atoms with E-state index < -0.39 is 43.7 Å². The quantitative estimate of drug-likeness (QED) is 0.0840. The highest BCUT2D eigenvalue weighted by Gasteiger charge is 2.86. The SMILES string of the molecule is CCCCOc1ccc(S(OS(=O)(=O)C(F)(F)C(F)(F)C(F)(F)C(F)(F)F)(c2ccc(OCCCC)cc2)c2ccc(OCCCC)cc2)cc1. The van der Waals surface area contributed by atoms with Crippen molar-refractivity contribution < 1.29 is 65.8 Å². The van der Waals surface area contributed by atoms with Gasteiger partial charge in [0, 0.05) is 14.7 Å². The van der Waals surface area contributed by atoms with Crippen molar-refractivity contribution in [1.29, 1.82) is 0 Å². The van der Waals surface area contributed by atoms with E-state index in [-0.39, 0.29) is 51.8 Å². The van der Waals surface area contributed by atoms with Crippen LogP contribution in [0.4, 0.5) is 39.5 Å². The topological polar surface area (TPSA) is 71.1 Å². The van der Waals surface area contributed by atoms with Crippen molar-refractivity contribution in [2.45, 2.75) is 97.3 Å². The Bertz CT molecular complexity index is 1500. The first-order valence-electron chi connectivity index (χ1n) is 16.0. The number of alkyl halides is 9. The van der Waals surface area contributed by atoms with Gasteiger partial charge >= 0.3 is 33.4 Å². The molecule has 0 bridgehead atoms. The molecule has 286 valence electrons. The van der Waals surface area contributed by atoms with Crippen LogP contribution in [0.1, 0.15) is 59.3 Å². The molecular formula is C34H39F9O6S2. The minimum Gasteiger partial charge on any atom is -0.494 e. The van der Waals surface area contributed by atoms with E-state index in [1.165, 1.54) is 72.8 Å². The predicted octanol–water partition coefficient (Wildman–Crippen LogP) is 11.2. The minimum absolute atomic E-state index is 0.240. The van der Waals surface area contributed by atoms with Gasteiger partial charge in [0.1, 0.15) is 17.2 Å². The van der Waals surface area contributed by atoms with Gasteiger partial charge in [-0.3, -0.25) is 0 Å². The lowest BCUT2D eigenvalue weighted by Gasteiger charge is -2.41. The van der Waals surface area contributed by atoms with Gasteiger partial charge in [0.2, 0.25) is 0 Å². The van der Waals surface area contributed by atoms with Gasteiger partial charge in [-0.05, 0) is 102 Å². The predicted molar refractivity (Wildman–Crippen MR) is 174 cm³/mol. The van der Waals surface area contributed by atoms with Crippen LogP contribution in [0, 0.1) is 0 Å². The second kappa shape index (κ2) is 17.0. The molecule has 0 atom stereocenters. The summed E-state index contributed by atoms with van der Waals surface area (Å²) in [5.41, 5.74) is 0. The summed E-state index contributed by atoms with van der Waals surface area (Å²) in [5, 5.41) is -7.10. The Kier molecular flexibility index (Phi) is 14.0. The molecule has 6 nitrogen and oxygen atoms in total. The van der Waals surface area contributed by atoms with E-state index in [1.54, 1.807) is 0 Å². The van der Waals surface area contributed by atoms with E-state index in [4.69, 9.17) is 17.8 Å². The standard InChI is InChI=1S/C34H39F9O6S2/c1-4-7-22-46-25-10-16-28(17-11-25)50(29-18-12-26(13-19-29)47-23-8-5-2,30-20-14-27(15-21-30)48-24-9-6-3)49-51(44,45)34(42,43)32(37,38)31(35,36)33(39,40)41/h10-21H,4-9,22-24H2,1-3H3. The summed E-state index contributed by atoms with van der Waals surface area (Å²) in [5.74, 6) is -14.3. The molecule has 0 aliphatic heterocycles. The van der Waals surface area contributed by atoms with E-state index in [0.717, 1.165) is 19.3 Å². The zero-order valence-corrected chi connectivity index (χ0v) is 29.6. The van der Waals surface area contributed by atoms with Gasteiger partial charge in [-0.15, -0.1) is 0 Å². The first-order chi connectivity index (χ1) is 23.8. The molecule has 0 aliphatic carbocycles. The highest BCUT2D eigenvalue weighted by Crippen LogP contribution is 2.71. The van der Waals surface area contributed by atoms with Gasteiger partial charge in [-0.25, -0.2) is 3.63 Å². The summed E-state index contributed by atoms with van der Waals surface area (Å²) in [6, 6.07) is 15.1. The van der Waals surface area contributed by atoms with Crippen molar-refractivity contribution in [3.63, 3.8) is 0 Å². The highest BCUT2D eigenvalue weighted by atomic mass is 32.3. The van der Waals surface area contributed by atoms with Gasteiger partial charge < -0.3 is 14.2 Å². The monoisotopic (exact) mass is 778 g/mol. The van der Waals surface area contributed by atoms with E-state index in [2.05, 4.69) is 0 Å². The van der Waals surface area contributed by atoms with Gasteiger partial charge in [-0.1, -0.05) is 40.0 Å². The number of halogens is 9. The van der Waals surface area contributed by atoms with Crippen LogP contribution in [0.2, 0.25) is 0 Å². The maximum atomic E-state index is 15.3. The molecule has 3 aromatic carbocycles. The van der Waals surface area contributed by atoms with E-state index in [9.17, 15) is 39.2 Å². The average Bonchev–Trinajstić information content (AvgIpc) is 3.08. The number of rotatable bonds is 20. The second-order valence-electron chi connectivity index (χ2n) is 11.3. The lowest BCUT2D eigenvalue weighted by atomic mass is 10.1. The Morgan fingerprint density at radius 1 is 0.490 bits per heavy atom. The van der Waals surface area contributed by atoms with Gasteiger partial charge in [0.25, 0.3) is 0 Å². The zero-order chi connectivity index (χ0) is 38.1. The average molecular weight is 779 g/mol. The fraction of sp³-hybridized carbons (Fsp3) is 0.471. The van der Waals surface area contributed by atoms with Gasteiger partial charge in [0.15, 0.2) is 0 Å². The van der Waals surface area contributed by atoms with E-state index in [1.807, 2.05) is 20.8 Å². The van der Waals surface area contributed by atoms with Crippen LogP contribution >= 0.6 is 10.3 Å². The Hall–Kier alpha value is -3.31. The number of ether oxygens (including phenoxy) is 3. The summed E-state index contributed by atoms with van der Waals surface area (Å²) in [7, 11) is -11.6. The second-order valence-corrected chi connectivity index (χ2v) is 15.8. The molecule has 0 unspecified atom stereocenters. The summed E-state index contributed by atoms with van der Waals surface area (Å²) >= 11 is 0. The molecule has 17 heteroatoms. The molecule has 0 aromatic heterocycles. The molecule has 0 saturated heterocycles. The molecule has 0 fully saturated rings. The maximum Gasteiger partial charge on any atom is 0.460 e. The van der Waals surface area contributed by atoms with Crippen molar-refractivity contribution in [1.82, 2.24) is 0 Å². The van der Waals surface area contributed by atoms with Crippen molar-refractivity contribution in [3.8, 4) is 17.2 Å². The van der Waals surface area contributed by atoms with Crippen LogP contribution in [-0.2, 0) is 13.7 Å². The molecule has 51 heavy (non-hydrogen) atoms. The van der Waals surface area contributed by atoms with Crippen LogP contribution in [-0.4, -0.2) is 51.5 Å². The van der Waals surface area contributed by atoms with Crippen molar-refractivity contribution in [2.75, 3.05) is 19.8 Å². The summed E-state index contributed by atoms with van der Waals surface area (Å²) in [6.07, 6.45) is -2.95. The smallest absolute Gasteiger partial charge is 0.460 e. The largest absolute Gasteiger partial charge is 0.494 e. The summed E-state index contributed by atoms with van der Waals surface area (Å²) in [4.78, 5) is -0.722. The fourth-order valence-corrected chi connectivity index (χ4v) is 9.58. The molecule has 0 radical (unpaired) electrons. The molecular weight excluding hydrogens is 739 g/mol. The zero-order valence-electron chi connectivity index (χ0n) is 28.0. The van der Waals surface area contributed by atoms with Gasteiger partial charge in [0.05, 0.1) is 19.8 Å². The normalized spacial score (nSPS) is 13.6. The first kappa shape index (κ1) is 42.1. The Morgan fingerprint density at radius 3 is 1.04 bits per heavy atom. The fourth-order valence-electron chi connectivity index (χ4n) is 4.41. The van der Waals surface area contributed by atoms with Crippen molar-refractivity contribution in [2.24, 2.45) is 0 Å². The molecule has 3 rings (SSSR count). The van der Waals surface area contributed by atoms with Crippen LogP contribution < -0.4 is 14.2 Å². The Balaban J connectivity index is 2.33. The lowest BCUT2D eigenvalue weighted by Crippen LogP contribution is -2.63. The van der Waals surface area contributed by atoms with Crippen molar-refractivity contribution in [3.05, 3.63) is 72.8 Å². The Morgan fingerprint density at radius 2 is 0.784 bits per heavy atom. The molecule has 0 N–H and O–H groups in total. The number of benzene rings is 3. The van der Waals surface area contributed by atoms with E-state index in [0.29, 0.717) is 19.3 Å². The van der Waals surface area contributed by atoms with Crippen LogP contribution in [0.5, 0.6) is 17.2 Å². The number of unbranched alkanes of at least 4 members (excludes halogenated alkanes) is 3. The molecule has 0 amide bonds. The van der Waals surface area contributed by atoms with Crippen LogP contribution in [0.15, 0.2) is 87.5 Å². The molecule has 0 heterocycles. The molecule has 0 saturated carbocycles. The van der Waals surface area contributed by atoms with Gasteiger partial charge in [-0.2, -0.15) is 47.9 Å². The lowest BCUT2D eigenvalue weighted by molar-refractivity contribution is -0.382. The first-order valence-corrected chi connectivity index (χ1v) is 19.0. The third-order valence-electron chi connectivity index (χ3n) is 7.39. The third-order valence-corrected chi connectivity index (χ3v) is 12.6. The highest BCUT2D eigenvalue weighted by molar-refractivity contribution is 8.33. The molecule has 0 aliphatic rings. The Labute approximate surface area is 292 Å². The van der Waals surface area contributed by atoms with Crippen molar-refractivity contribution >= 4 is 20.4 Å². The van der Waals surface area contributed by atoms with E-state index >= 15 is 8.78 Å². The molecule has 0 spiro atoms. The third kappa shape index (κ3) is 9.02. The minimum atomic E-state index is -7.51. The van der Waals surface area contributed by atoms with Crippen LogP contribution in [0.25, 0.3) is 0 Å².